The van der Waals surface area contributed by atoms with Crippen molar-refractivity contribution < 1.29 is 18.7 Å². The van der Waals surface area contributed by atoms with Gasteiger partial charge in [0.2, 0.25) is 0 Å². The molecule has 1 amide bonds. The summed E-state index contributed by atoms with van der Waals surface area (Å²) in [5.41, 5.74) is 0.587. The minimum Gasteiger partial charge on any atom is -0.462 e. The summed E-state index contributed by atoms with van der Waals surface area (Å²) in [5.74, 6) is -1.84. The van der Waals surface area contributed by atoms with Crippen LogP contribution in [0.3, 0.4) is 0 Å². The minimum absolute atomic E-state index is 0.0129. The standard InChI is InChI=1S/C26H25FN4O4/c1-3-5-7-15-31-22-19(25(33)30-14-8-6-9-21(30)28-22)16-20(26(34)35-4-2)23(31)29-24(32)17-10-12-18(27)13-11-17/h6,8-14,16H,3-5,7,15H2,1-2H3. The lowest BCUT2D eigenvalue weighted by Crippen LogP contribution is -2.33. The number of halogens is 1. The molecular weight excluding hydrogens is 451 g/mol. The van der Waals surface area contributed by atoms with Crippen molar-refractivity contribution in [2.45, 2.75) is 39.7 Å². The largest absolute Gasteiger partial charge is 0.462 e. The maximum absolute atomic E-state index is 13.4. The highest BCUT2D eigenvalue weighted by molar-refractivity contribution is 5.97. The Bertz CT molecular complexity index is 1540. The fraction of sp³-hybridized carbons (Fsp3) is 0.269. The van der Waals surface area contributed by atoms with Gasteiger partial charge in [-0.1, -0.05) is 25.8 Å². The Hall–Kier alpha value is -4.14. The van der Waals surface area contributed by atoms with Crippen LogP contribution in [0.5, 0.6) is 0 Å². The Labute approximate surface area is 200 Å². The van der Waals surface area contributed by atoms with Crippen LogP contribution in [0.15, 0.2) is 64.5 Å². The lowest BCUT2D eigenvalue weighted by atomic mass is 10.1. The Balaban J connectivity index is 2.08. The van der Waals surface area contributed by atoms with E-state index in [1.807, 2.05) is 0 Å². The van der Waals surface area contributed by atoms with Gasteiger partial charge in [0.15, 0.2) is 5.49 Å². The topological polar surface area (TPSA) is 95.0 Å². The van der Waals surface area contributed by atoms with Crippen LogP contribution >= 0.6 is 0 Å². The van der Waals surface area contributed by atoms with Crippen molar-refractivity contribution >= 4 is 28.6 Å². The van der Waals surface area contributed by atoms with Gasteiger partial charge in [-0.05, 0) is 55.8 Å². The highest BCUT2D eigenvalue weighted by Crippen LogP contribution is 2.13. The predicted octanol–water partition coefficient (Wildman–Crippen LogP) is 3.90. The van der Waals surface area contributed by atoms with Gasteiger partial charge >= 0.3 is 5.97 Å². The summed E-state index contributed by atoms with van der Waals surface area (Å²) >= 11 is 0. The molecule has 0 radical (unpaired) electrons. The van der Waals surface area contributed by atoms with E-state index in [-0.39, 0.29) is 34.2 Å². The normalized spacial score (nSPS) is 11.8. The van der Waals surface area contributed by atoms with Crippen LogP contribution in [0.25, 0.3) is 16.7 Å². The van der Waals surface area contributed by atoms with Crippen LogP contribution < -0.4 is 11.0 Å². The van der Waals surface area contributed by atoms with Crippen molar-refractivity contribution in [1.29, 1.82) is 0 Å². The van der Waals surface area contributed by atoms with E-state index in [0.29, 0.717) is 24.3 Å². The van der Waals surface area contributed by atoms with Crippen molar-refractivity contribution in [3.63, 3.8) is 0 Å². The third kappa shape index (κ3) is 4.89. The average molecular weight is 477 g/mol. The Morgan fingerprint density at radius 2 is 1.86 bits per heavy atom. The van der Waals surface area contributed by atoms with Gasteiger partial charge in [0.05, 0.1) is 12.0 Å². The predicted molar refractivity (Wildman–Crippen MR) is 129 cm³/mol. The van der Waals surface area contributed by atoms with Gasteiger partial charge in [0.1, 0.15) is 22.7 Å². The Morgan fingerprint density at radius 3 is 2.57 bits per heavy atom. The van der Waals surface area contributed by atoms with E-state index in [0.717, 1.165) is 12.8 Å². The molecule has 0 saturated heterocycles. The number of fused-ring (bicyclic) bond motifs is 2. The van der Waals surface area contributed by atoms with Gasteiger partial charge < -0.3 is 9.30 Å². The summed E-state index contributed by atoms with van der Waals surface area (Å²) in [6, 6.07) is 11.6. The molecule has 0 aliphatic heterocycles. The number of amides is 1. The van der Waals surface area contributed by atoms with Crippen LogP contribution in [0.2, 0.25) is 0 Å². The molecule has 180 valence electrons. The van der Waals surface area contributed by atoms with Crippen molar-refractivity contribution in [3.8, 4) is 0 Å². The molecule has 0 N–H and O–H groups in total. The second kappa shape index (κ2) is 10.4. The number of hydrogen-bond acceptors (Lipinski definition) is 5. The van der Waals surface area contributed by atoms with E-state index < -0.39 is 17.7 Å². The second-order valence-electron chi connectivity index (χ2n) is 7.97. The first-order valence-electron chi connectivity index (χ1n) is 11.5. The fourth-order valence-corrected chi connectivity index (χ4v) is 3.84. The molecule has 4 aromatic rings. The number of aromatic nitrogens is 3. The fourth-order valence-electron chi connectivity index (χ4n) is 3.84. The van der Waals surface area contributed by atoms with Crippen LogP contribution in [-0.4, -0.2) is 32.4 Å². The van der Waals surface area contributed by atoms with E-state index in [1.54, 1.807) is 35.9 Å². The van der Waals surface area contributed by atoms with Gasteiger partial charge in [-0.15, -0.1) is 0 Å². The molecule has 3 aromatic heterocycles. The van der Waals surface area contributed by atoms with Gasteiger partial charge in [0.25, 0.3) is 11.5 Å². The molecule has 4 rings (SSSR count). The highest BCUT2D eigenvalue weighted by atomic mass is 19.1. The molecule has 0 aliphatic carbocycles. The van der Waals surface area contributed by atoms with Crippen molar-refractivity contribution in [2.24, 2.45) is 4.99 Å². The molecule has 35 heavy (non-hydrogen) atoms. The quantitative estimate of drug-likeness (QED) is 0.229. The molecule has 0 atom stereocenters. The van der Waals surface area contributed by atoms with Crippen LogP contribution in [0, 0.1) is 5.82 Å². The third-order valence-corrected chi connectivity index (χ3v) is 5.57. The Kier molecular flexibility index (Phi) is 7.14. The lowest BCUT2D eigenvalue weighted by molar-refractivity contribution is 0.0523. The number of carbonyl (C=O) groups excluding carboxylic acids is 2. The van der Waals surface area contributed by atoms with E-state index in [4.69, 9.17) is 4.74 Å². The molecule has 0 unspecified atom stereocenters. The zero-order valence-electron chi connectivity index (χ0n) is 19.5. The van der Waals surface area contributed by atoms with E-state index in [9.17, 15) is 18.8 Å². The van der Waals surface area contributed by atoms with E-state index in [2.05, 4.69) is 16.9 Å². The minimum atomic E-state index is -0.707. The number of nitrogens with zero attached hydrogens (tertiary/aromatic N) is 4. The first-order valence-corrected chi connectivity index (χ1v) is 11.5. The molecular formula is C26H25FN4O4. The SMILES string of the molecule is CCCCCn1c(=NC(=O)c2ccc(F)cc2)c(C(=O)OCC)cc2c(=O)n3ccccc3nc21. The van der Waals surface area contributed by atoms with Crippen LogP contribution in [-0.2, 0) is 11.3 Å². The lowest BCUT2D eigenvalue weighted by Gasteiger charge is -2.15. The molecule has 1 aromatic carbocycles. The number of carbonyl (C=O) groups is 2. The van der Waals surface area contributed by atoms with Crippen molar-refractivity contribution in [3.05, 3.63) is 87.5 Å². The number of esters is 1. The van der Waals surface area contributed by atoms with Gasteiger partial charge in [-0.25, -0.2) is 14.2 Å². The maximum Gasteiger partial charge on any atom is 0.341 e. The number of unbranched alkanes of at least 4 members (excludes halogenated alkanes) is 2. The molecule has 0 bridgehead atoms. The molecule has 0 spiro atoms. The molecule has 0 aliphatic rings. The molecule has 3 heterocycles. The zero-order valence-corrected chi connectivity index (χ0v) is 19.5. The van der Waals surface area contributed by atoms with Crippen LogP contribution in [0.4, 0.5) is 4.39 Å². The van der Waals surface area contributed by atoms with Crippen molar-refractivity contribution in [1.82, 2.24) is 14.0 Å². The summed E-state index contributed by atoms with van der Waals surface area (Å²) in [6.07, 6.45) is 4.14. The van der Waals surface area contributed by atoms with Crippen molar-refractivity contribution in [2.75, 3.05) is 6.61 Å². The van der Waals surface area contributed by atoms with Gasteiger partial charge in [0, 0.05) is 18.3 Å². The summed E-state index contributed by atoms with van der Waals surface area (Å²) in [4.78, 5) is 48.2. The molecule has 9 heteroatoms. The summed E-state index contributed by atoms with van der Waals surface area (Å²) in [5, 5.41) is 0.210. The van der Waals surface area contributed by atoms with E-state index >= 15 is 0 Å². The number of rotatable bonds is 7. The number of hydrogen-bond donors (Lipinski definition) is 0. The summed E-state index contributed by atoms with van der Waals surface area (Å²) in [6.45, 7) is 4.20. The molecule has 8 nitrogen and oxygen atoms in total. The maximum atomic E-state index is 13.4. The monoisotopic (exact) mass is 476 g/mol. The Morgan fingerprint density at radius 1 is 1.09 bits per heavy atom. The highest BCUT2D eigenvalue weighted by Gasteiger charge is 2.20. The smallest absolute Gasteiger partial charge is 0.341 e. The third-order valence-electron chi connectivity index (χ3n) is 5.57. The first-order chi connectivity index (χ1) is 16.9. The van der Waals surface area contributed by atoms with Gasteiger partial charge in [-0.3, -0.25) is 14.0 Å². The zero-order chi connectivity index (χ0) is 24.9. The molecule has 0 fully saturated rings. The number of benzene rings is 1. The molecule has 0 saturated carbocycles. The average Bonchev–Trinajstić information content (AvgIpc) is 2.86. The number of ether oxygens (including phenoxy) is 1. The summed E-state index contributed by atoms with van der Waals surface area (Å²) in [7, 11) is 0. The number of aryl methyl sites for hydroxylation is 1. The first kappa shape index (κ1) is 24.0. The van der Waals surface area contributed by atoms with Crippen LogP contribution in [0.1, 0.15) is 53.8 Å². The van der Waals surface area contributed by atoms with Gasteiger partial charge in [-0.2, -0.15) is 4.99 Å². The second-order valence-corrected chi connectivity index (χ2v) is 7.97. The number of pyridine rings is 2. The van der Waals surface area contributed by atoms with E-state index in [1.165, 1.54) is 34.7 Å². The summed E-state index contributed by atoms with van der Waals surface area (Å²) < 4.78 is 21.6.